The quantitative estimate of drug-likeness (QED) is 0.789. The van der Waals surface area contributed by atoms with E-state index in [1.807, 2.05) is 0 Å². The van der Waals surface area contributed by atoms with Gasteiger partial charge in [0, 0.05) is 0 Å². The molecular formula is C18H15F2NO3. The standard InChI is InChI=1S/C18H15F2NO3/c1-11-6-12(8-13(7-11)24-10-16(19)20)9-21-17(22)14-4-2-3-5-15(14)18(21)23/h2-8,16H,9-10H2,1H3. The molecule has 4 nitrogen and oxygen atoms in total. The summed E-state index contributed by atoms with van der Waals surface area (Å²) < 4.78 is 29.6. The van der Waals surface area contributed by atoms with Gasteiger partial charge in [-0.2, -0.15) is 0 Å². The molecule has 0 aromatic heterocycles. The Kier molecular flexibility index (Phi) is 4.29. The molecule has 0 saturated heterocycles. The Labute approximate surface area is 137 Å². The molecule has 0 bridgehead atoms. The normalized spacial score (nSPS) is 13.6. The number of halogens is 2. The number of benzene rings is 2. The summed E-state index contributed by atoms with van der Waals surface area (Å²) in [5, 5.41) is 0. The highest BCUT2D eigenvalue weighted by Crippen LogP contribution is 2.26. The molecule has 1 aliphatic heterocycles. The summed E-state index contributed by atoms with van der Waals surface area (Å²) in [7, 11) is 0. The second-order valence-corrected chi connectivity index (χ2v) is 5.60. The lowest BCUT2D eigenvalue weighted by atomic mass is 10.1. The SMILES string of the molecule is Cc1cc(CN2C(=O)c3ccccc3C2=O)cc(OCC(F)F)c1. The Morgan fingerprint density at radius 2 is 1.67 bits per heavy atom. The molecule has 6 heteroatoms. The number of imide groups is 1. The van der Waals surface area contributed by atoms with Crippen molar-refractivity contribution in [2.75, 3.05) is 6.61 Å². The van der Waals surface area contributed by atoms with Gasteiger partial charge in [0.05, 0.1) is 17.7 Å². The molecule has 3 rings (SSSR count). The highest BCUT2D eigenvalue weighted by atomic mass is 19.3. The molecule has 0 unspecified atom stereocenters. The molecule has 2 aromatic rings. The highest BCUT2D eigenvalue weighted by Gasteiger charge is 2.35. The lowest BCUT2D eigenvalue weighted by molar-refractivity contribution is 0.0642. The van der Waals surface area contributed by atoms with Crippen molar-refractivity contribution in [3.8, 4) is 5.75 Å². The molecule has 0 aliphatic carbocycles. The molecule has 2 amide bonds. The van der Waals surface area contributed by atoms with Crippen LogP contribution in [0.2, 0.25) is 0 Å². The van der Waals surface area contributed by atoms with E-state index in [2.05, 4.69) is 0 Å². The van der Waals surface area contributed by atoms with E-state index >= 15 is 0 Å². The number of nitrogens with zero attached hydrogens (tertiary/aromatic N) is 1. The highest BCUT2D eigenvalue weighted by molar-refractivity contribution is 6.21. The third kappa shape index (κ3) is 3.13. The predicted molar refractivity (Wildman–Crippen MR) is 83.3 cm³/mol. The number of aryl methyl sites for hydroxylation is 1. The van der Waals surface area contributed by atoms with Crippen LogP contribution in [0.5, 0.6) is 5.75 Å². The number of hydrogen-bond acceptors (Lipinski definition) is 3. The summed E-state index contributed by atoms with van der Waals surface area (Å²) in [5.41, 5.74) is 2.20. The minimum absolute atomic E-state index is 0.0685. The maximum Gasteiger partial charge on any atom is 0.272 e. The molecule has 124 valence electrons. The zero-order chi connectivity index (χ0) is 17.3. The van der Waals surface area contributed by atoms with Crippen molar-refractivity contribution in [3.63, 3.8) is 0 Å². The molecule has 0 fully saturated rings. The molecule has 2 aromatic carbocycles. The van der Waals surface area contributed by atoms with E-state index in [1.165, 1.54) is 0 Å². The molecule has 0 spiro atoms. The molecule has 1 heterocycles. The van der Waals surface area contributed by atoms with Crippen LogP contribution in [0.25, 0.3) is 0 Å². The average Bonchev–Trinajstić information content (AvgIpc) is 2.78. The lowest BCUT2D eigenvalue weighted by Crippen LogP contribution is -2.29. The van der Waals surface area contributed by atoms with Crippen molar-refractivity contribution in [3.05, 3.63) is 64.7 Å². The van der Waals surface area contributed by atoms with Gasteiger partial charge in [-0.1, -0.05) is 18.2 Å². The minimum atomic E-state index is -2.56. The van der Waals surface area contributed by atoms with Crippen molar-refractivity contribution < 1.29 is 23.1 Å². The van der Waals surface area contributed by atoms with E-state index in [4.69, 9.17) is 4.74 Å². The van der Waals surface area contributed by atoms with Crippen LogP contribution in [0.3, 0.4) is 0 Å². The Balaban J connectivity index is 1.82. The van der Waals surface area contributed by atoms with Gasteiger partial charge in [0.25, 0.3) is 18.2 Å². The zero-order valence-electron chi connectivity index (χ0n) is 13.0. The van der Waals surface area contributed by atoms with Crippen LogP contribution in [0.15, 0.2) is 42.5 Å². The molecule has 0 atom stereocenters. The van der Waals surface area contributed by atoms with Gasteiger partial charge in [0.2, 0.25) is 0 Å². The van der Waals surface area contributed by atoms with E-state index in [0.29, 0.717) is 22.4 Å². The van der Waals surface area contributed by atoms with Gasteiger partial charge in [-0.15, -0.1) is 0 Å². The number of carbonyl (C=O) groups is 2. The van der Waals surface area contributed by atoms with E-state index in [1.54, 1.807) is 49.4 Å². The monoisotopic (exact) mass is 331 g/mol. The summed E-state index contributed by atoms with van der Waals surface area (Å²) in [5.74, 6) is -0.416. The fourth-order valence-electron chi connectivity index (χ4n) is 2.72. The first-order valence-electron chi connectivity index (χ1n) is 7.42. The fourth-order valence-corrected chi connectivity index (χ4v) is 2.72. The molecule has 0 saturated carbocycles. The third-order valence-corrected chi connectivity index (χ3v) is 3.71. The maximum absolute atomic E-state index is 12.4. The smallest absolute Gasteiger partial charge is 0.272 e. The van der Waals surface area contributed by atoms with Crippen molar-refractivity contribution in [1.82, 2.24) is 4.90 Å². The van der Waals surface area contributed by atoms with Crippen LogP contribution in [0.1, 0.15) is 31.8 Å². The predicted octanol–water partition coefficient (Wildman–Crippen LogP) is 3.44. The van der Waals surface area contributed by atoms with Gasteiger partial charge >= 0.3 is 0 Å². The summed E-state index contributed by atoms with van der Waals surface area (Å²) >= 11 is 0. The first-order valence-corrected chi connectivity index (χ1v) is 7.42. The Hall–Kier alpha value is -2.76. The van der Waals surface area contributed by atoms with Crippen LogP contribution in [0, 0.1) is 6.92 Å². The van der Waals surface area contributed by atoms with E-state index in [-0.39, 0.29) is 18.4 Å². The Morgan fingerprint density at radius 1 is 1.04 bits per heavy atom. The number of hydrogen-bond donors (Lipinski definition) is 0. The number of amides is 2. The molecule has 0 N–H and O–H groups in total. The Bertz CT molecular complexity index is 770. The Morgan fingerprint density at radius 3 is 2.25 bits per heavy atom. The number of alkyl halides is 2. The van der Waals surface area contributed by atoms with Gasteiger partial charge in [-0.3, -0.25) is 14.5 Å². The number of ether oxygens (including phenoxy) is 1. The minimum Gasteiger partial charge on any atom is -0.488 e. The lowest BCUT2D eigenvalue weighted by Gasteiger charge is -2.15. The molecule has 24 heavy (non-hydrogen) atoms. The van der Waals surface area contributed by atoms with Crippen LogP contribution in [0.4, 0.5) is 8.78 Å². The summed E-state index contributed by atoms with van der Waals surface area (Å²) in [6, 6.07) is 11.6. The van der Waals surface area contributed by atoms with Crippen LogP contribution in [-0.4, -0.2) is 29.7 Å². The van der Waals surface area contributed by atoms with E-state index < -0.39 is 13.0 Å². The van der Waals surface area contributed by atoms with Crippen LogP contribution >= 0.6 is 0 Å². The largest absolute Gasteiger partial charge is 0.488 e. The van der Waals surface area contributed by atoms with Crippen molar-refractivity contribution in [2.24, 2.45) is 0 Å². The fraction of sp³-hybridized carbons (Fsp3) is 0.222. The number of fused-ring (bicyclic) bond motifs is 1. The van der Waals surface area contributed by atoms with Gasteiger partial charge in [-0.25, -0.2) is 8.78 Å². The van der Waals surface area contributed by atoms with Crippen molar-refractivity contribution in [2.45, 2.75) is 19.9 Å². The average molecular weight is 331 g/mol. The summed E-state index contributed by atoms with van der Waals surface area (Å²) in [4.78, 5) is 25.9. The second kappa shape index (κ2) is 6.39. The third-order valence-electron chi connectivity index (χ3n) is 3.71. The molecule has 1 aliphatic rings. The number of rotatable bonds is 5. The van der Waals surface area contributed by atoms with Gasteiger partial charge in [-0.05, 0) is 42.3 Å². The van der Waals surface area contributed by atoms with E-state index in [0.717, 1.165) is 10.5 Å². The number of carbonyl (C=O) groups excluding carboxylic acids is 2. The first-order chi connectivity index (χ1) is 11.5. The van der Waals surface area contributed by atoms with Crippen LogP contribution < -0.4 is 4.74 Å². The molecular weight excluding hydrogens is 316 g/mol. The second-order valence-electron chi connectivity index (χ2n) is 5.60. The van der Waals surface area contributed by atoms with Crippen molar-refractivity contribution in [1.29, 1.82) is 0 Å². The summed E-state index contributed by atoms with van der Waals surface area (Å²) in [6.07, 6.45) is -2.56. The van der Waals surface area contributed by atoms with Gasteiger partial charge in [0.1, 0.15) is 12.4 Å². The summed E-state index contributed by atoms with van der Waals surface area (Å²) in [6.45, 7) is 1.16. The topological polar surface area (TPSA) is 46.6 Å². The van der Waals surface area contributed by atoms with Crippen LogP contribution in [-0.2, 0) is 6.54 Å². The maximum atomic E-state index is 12.4. The van der Waals surface area contributed by atoms with E-state index in [9.17, 15) is 18.4 Å². The first kappa shape index (κ1) is 16.1. The van der Waals surface area contributed by atoms with Crippen molar-refractivity contribution >= 4 is 11.8 Å². The van der Waals surface area contributed by atoms with Gasteiger partial charge in [0.15, 0.2) is 0 Å². The van der Waals surface area contributed by atoms with Gasteiger partial charge < -0.3 is 4.74 Å². The molecule has 0 radical (unpaired) electrons. The zero-order valence-corrected chi connectivity index (χ0v) is 13.0.